The van der Waals surface area contributed by atoms with Gasteiger partial charge in [0, 0.05) is 36.9 Å². The van der Waals surface area contributed by atoms with Gasteiger partial charge in [-0.1, -0.05) is 40.2 Å². The predicted octanol–water partition coefficient (Wildman–Crippen LogP) is 3.20. The van der Waals surface area contributed by atoms with Crippen molar-refractivity contribution >= 4 is 40.9 Å². The molecule has 1 aromatic carbocycles. The van der Waals surface area contributed by atoms with E-state index >= 15 is 0 Å². The Morgan fingerprint density at radius 2 is 1.97 bits per heavy atom. The molecule has 5 rings (SSSR count). The number of hydrogen-bond acceptors (Lipinski definition) is 9. The van der Waals surface area contributed by atoms with E-state index in [1.165, 1.54) is 24.2 Å². The quantitative estimate of drug-likeness (QED) is 0.393. The first kappa shape index (κ1) is 28.1. The summed E-state index contributed by atoms with van der Waals surface area (Å²) >= 11 is 12.9. The normalized spacial score (nSPS) is 25.0. The molecule has 2 aromatic heterocycles. The van der Waals surface area contributed by atoms with Gasteiger partial charge in [0.15, 0.2) is 0 Å². The van der Waals surface area contributed by atoms with E-state index in [1.807, 2.05) is 0 Å². The summed E-state index contributed by atoms with van der Waals surface area (Å²) in [5.41, 5.74) is -0.466. The summed E-state index contributed by atoms with van der Waals surface area (Å²) in [5, 5.41) is 28.8. The summed E-state index contributed by atoms with van der Waals surface area (Å²) < 4.78 is 41.1. The lowest BCUT2D eigenvalue weighted by molar-refractivity contribution is -0.186. The van der Waals surface area contributed by atoms with Crippen LogP contribution in [0.25, 0.3) is 11.3 Å². The Labute approximate surface area is 235 Å². The Morgan fingerprint density at radius 3 is 2.59 bits per heavy atom. The average molecular weight is 602 g/mol. The lowest BCUT2D eigenvalue weighted by atomic mass is 9.97. The van der Waals surface area contributed by atoms with E-state index in [4.69, 9.17) is 32.7 Å². The summed E-state index contributed by atoms with van der Waals surface area (Å²) in [7, 11) is 1.41. The minimum absolute atomic E-state index is 0.0833. The van der Waals surface area contributed by atoms with Crippen molar-refractivity contribution in [2.75, 3.05) is 26.8 Å². The number of aromatic nitrogens is 4. The second kappa shape index (κ2) is 11.6. The molecule has 10 nitrogen and oxygen atoms in total. The Hall–Kier alpha value is -2.39. The van der Waals surface area contributed by atoms with Gasteiger partial charge in [0.05, 0.1) is 17.8 Å². The highest BCUT2D eigenvalue weighted by Crippen LogP contribution is 2.41. The number of amides is 1. The molecule has 0 saturated carbocycles. The van der Waals surface area contributed by atoms with Crippen LogP contribution in [0.15, 0.2) is 35.5 Å². The minimum Gasteiger partial charge on any atom is -0.394 e. The van der Waals surface area contributed by atoms with Crippen molar-refractivity contribution in [2.24, 2.45) is 0 Å². The molecule has 0 radical (unpaired) electrons. The average Bonchev–Trinajstić information content (AvgIpc) is 3.36. The largest absolute Gasteiger partial charge is 0.394 e. The number of aliphatic hydroxyl groups is 2. The second-order valence-corrected chi connectivity index (χ2v) is 11.0. The minimum atomic E-state index is -1.30. The van der Waals surface area contributed by atoms with Gasteiger partial charge < -0.3 is 24.6 Å². The van der Waals surface area contributed by atoms with E-state index in [0.717, 1.165) is 30.3 Å². The molecule has 0 bridgehead atoms. The maximum Gasteiger partial charge on any atom is 0.273 e. The van der Waals surface area contributed by atoms with Gasteiger partial charge in [-0.3, -0.25) is 4.79 Å². The molecule has 2 aliphatic rings. The zero-order chi connectivity index (χ0) is 27.8. The number of rotatable bonds is 7. The van der Waals surface area contributed by atoms with Crippen molar-refractivity contribution in [1.29, 1.82) is 0 Å². The van der Waals surface area contributed by atoms with Crippen molar-refractivity contribution in [3.63, 3.8) is 0 Å². The number of aliphatic hydroxyl groups excluding tert-OH is 2. The van der Waals surface area contributed by atoms with Crippen LogP contribution in [0.5, 0.6) is 0 Å². The summed E-state index contributed by atoms with van der Waals surface area (Å²) in [5.74, 6) is -2.17. The molecule has 3 aromatic rings. The molecule has 0 spiro atoms. The van der Waals surface area contributed by atoms with Crippen LogP contribution in [-0.2, 0) is 9.47 Å². The Balaban J connectivity index is 1.47. The van der Waals surface area contributed by atoms with Gasteiger partial charge in [0.1, 0.15) is 57.8 Å². The van der Waals surface area contributed by atoms with Crippen LogP contribution in [0.1, 0.15) is 23.0 Å². The number of carbonyl (C=O) groups is 1. The predicted molar refractivity (Wildman–Crippen MR) is 138 cm³/mol. The monoisotopic (exact) mass is 601 g/mol. The first-order chi connectivity index (χ1) is 18.7. The van der Waals surface area contributed by atoms with Crippen LogP contribution in [0.4, 0.5) is 8.78 Å². The summed E-state index contributed by atoms with van der Waals surface area (Å²) in [6.07, 6.45) is 0.446. The highest BCUT2D eigenvalue weighted by molar-refractivity contribution is 8.00. The van der Waals surface area contributed by atoms with Crippen LogP contribution in [0.3, 0.4) is 0 Å². The van der Waals surface area contributed by atoms with Gasteiger partial charge in [0.2, 0.25) is 0 Å². The van der Waals surface area contributed by atoms with Crippen LogP contribution < -0.4 is 0 Å². The first-order valence-corrected chi connectivity index (χ1v) is 13.5. The maximum atomic E-state index is 14.0. The van der Waals surface area contributed by atoms with Gasteiger partial charge in [-0.25, -0.2) is 18.4 Å². The number of hydrogen-bond donors (Lipinski definition) is 2. The van der Waals surface area contributed by atoms with Crippen molar-refractivity contribution < 1.29 is 33.3 Å². The molecular formula is C24H23Cl2F2N5O5S. The van der Waals surface area contributed by atoms with Gasteiger partial charge in [0.25, 0.3) is 5.91 Å². The van der Waals surface area contributed by atoms with Gasteiger partial charge in [-0.2, -0.15) is 0 Å². The maximum absolute atomic E-state index is 14.0. The molecule has 2 N–H and O–H groups in total. The number of methoxy groups -OCH3 is 1. The Morgan fingerprint density at radius 1 is 1.26 bits per heavy atom. The van der Waals surface area contributed by atoms with Gasteiger partial charge >= 0.3 is 0 Å². The molecule has 5 unspecified atom stereocenters. The number of halogens is 4. The summed E-state index contributed by atoms with van der Waals surface area (Å²) in [6, 6.07) is 2.69. The fourth-order valence-corrected chi connectivity index (χ4v) is 6.07. The third kappa shape index (κ3) is 5.49. The van der Waals surface area contributed by atoms with Crippen LogP contribution in [0.2, 0.25) is 10.0 Å². The zero-order valence-corrected chi connectivity index (χ0v) is 22.7. The first-order valence-electron chi connectivity index (χ1n) is 11.9. The number of likely N-dealkylation sites (tertiary alicyclic amines) is 1. The lowest BCUT2D eigenvalue weighted by Crippen LogP contribution is -2.55. The van der Waals surface area contributed by atoms with Crippen molar-refractivity contribution in [1.82, 2.24) is 24.9 Å². The number of thioether (sulfide) groups is 1. The van der Waals surface area contributed by atoms with Crippen molar-refractivity contribution in [3.8, 4) is 11.3 Å². The third-order valence-corrected chi connectivity index (χ3v) is 8.34. The van der Waals surface area contributed by atoms with Crippen molar-refractivity contribution in [3.05, 3.63) is 58.0 Å². The molecule has 4 heterocycles. The van der Waals surface area contributed by atoms with E-state index in [1.54, 1.807) is 11.0 Å². The summed E-state index contributed by atoms with van der Waals surface area (Å²) in [6.45, 7) is 0.725. The SMILES string of the molecule is COC1C(Sc2cc(Cl)cnc2C(=O)N2CCC2)OC(CO)C(O)C1n1cc(-c2cc(F)c(Cl)c(F)c2)nn1. The molecular weight excluding hydrogens is 579 g/mol. The van der Waals surface area contributed by atoms with Crippen molar-refractivity contribution in [2.45, 2.75) is 41.1 Å². The Bertz CT molecular complexity index is 1360. The number of benzene rings is 1. The molecule has 39 heavy (non-hydrogen) atoms. The third-order valence-electron chi connectivity index (χ3n) is 6.60. The van der Waals surface area contributed by atoms with E-state index in [-0.39, 0.29) is 22.9 Å². The fraction of sp³-hybridized carbons (Fsp3) is 0.417. The lowest BCUT2D eigenvalue weighted by Gasteiger charge is -2.43. The second-order valence-electron chi connectivity index (χ2n) is 9.01. The molecule has 5 atom stereocenters. The van der Waals surface area contributed by atoms with E-state index in [0.29, 0.717) is 23.0 Å². The molecule has 15 heteroatoms. The summed E-state index contributed by atoms with van der Waals surface area (Å²) in [4.78, 5) is 19.3. The molecule has 1 amide bonds. The molecule has 0 aliphatic carbocycles. The number of nitrogens with zero attached hydrogens (tertiary/aromatic N) is 5. The topological polar surface area (TPSA) is 123 Å². The highest BCUT2D eigenvalue weighted by atomic mass is 35.5. The number of carbonyl (C=O) groups excluding carboxylic acids is 1. The van der Waals surface area contributed by atoms with E-state index in [9.17, 15) is 23.8 Å². The van der Waals surface area contributed by atoms with Crippen LogP contribution in [-0.4, -0.2) is 91.6 Å². The smallest absolute Gasteiger partial charge is 0.273 e. The van der Waals surface area contributed by atoms with Crippen LogP contribution >= 0.6 is 35.0 Å². The number of pyridine rings is 1. The van der Waals surface area contributed by atoms with E-state index < -0.39 is 53.1 Å². The van der Waals surface area contributed by atoms with Gasteiger partial charge in [-0.15, -0.1) is 5.10 Å². The molecule has 2 fully saturated rings. The molecule has 2 saturated heterocycles. The zero-order valence-electron chi connectivity index (χ0n) is 20.4. The Kier molecular flexibility index (Phi) is 8.38. The fourth-order valence-electron chi connectivity index (χ4n) is 4.43. The van der Waals surface area contributed by atoms with Crippen LogP contribution in [0, 0.1) is 11.6 Å². The highest BCUT2D eigenvalue weighted by Gasteiger charge is 2.48. The molecule has 208 valence electrons. The molecule has 2 aliphatic heterocycles. The van der Waals surface area contributed by atoms with E-state index in [2.05, 4.69) is 15.3 Å². The van der Waals surface area contributed by atoms with Gasteiger partial charge in [-0.05, 0) is 24.6 Å². The number of ether oxygens (including phenoxy) is 2. The standard InChI is InChI=1S/C24H23Cl2F2N5O5S/c1-37-22-20(33-9-15(30-31-33)11-5-13(27)18(26)14(28)6-11)21(35)16(10-34)38-24(22)39-17-7-12(25)8-29-19(17)23(36)32-3-2-4-32/h5-9,16,20-22,24,34-35H,2-4,10H2,1H3.